The number of nitrogens with zero attached hydrogens (tertiary/aromatic N) is 1. The maximum Gasteiger partial charge on any atom is 0.234 e. The van der Waals surface area contributed by atoms with Gasteiger partial charge in [0, 0.05) is 11.3 Å². The Morgan fingerprint density at radius 2 is 1.79 bits per heavy atom. The molecule has 0 spiro atoms. The first-order valence-corrected chi connectivity index (χ1v) is 9.74. The van der Waals surface area contributed by atoms with Crippen molar-refractivity contribution in [1.29, 1.82) is 0 Å². The summed E-state index contributed by atoms with van der Waals surface area (Å²) >= 11 is 13.2. The number of hydrogen-bond donors (Lipinski definition) is 1. The third-order valence-electron chi connectivity index (χ3n) is 3.73. The number of carbonyl (C=O) groups is 2. The van der Waals surface area contributed by atoms with E-state index < -0.39 is 16.8 Å². The van der Waals surface area contributed by atoms with Crippen molar-refractivity contribution in [3.05, 3.63) is 69.7 Å². The molecule has 28 heavy (non-hydrogen) atoms. The molecule has 0 saturated carbocycles. The van der Waals surface area contributed by atoms with Crippen LogP contribution in [0.2, 0.25) is 10.0 Å². The highest BCUT2D eigenvalue weighted by atomic mass is 35.5. The summed E-state index contributed by atoms with van der Waals surface area (Å²) in [6.45, 7) is 1.59. The van der Waals surface area contributed by atoms with Crippen molar-refractivity contribution in [2.75, 3.05) is 11.1 Å². The fourth-order valence-electron chi connectivity index (χ4n) is 2.44. The van der Waals surface area contributed by atoms with Crippen molar-refractivity contribution >= 4 is 51.7 Å². The zero-order valence-electron chi connectivity index (χ0n) is 14.5. The van der Waals surface area contributed by atoms with Crippen LogP contribution in [0.3, 0.4) is 0 Å². The highest BCUT2D eigenvalue weighted by Gasteiger charge is 2.25. The second kappa shape index (κ2) is 8.77. The van der Waals surface area contributed by atoms with Crippen molar-refractivity contribution in [2.45, 2.75) is 6.92 Å². The van der Waals surface area contributed by atoms with E-state index in [0.717, 1.165) is 11.8 Å². The molecule has 0 aliphatic carbocycles. The van der Waals surface area contributed by atoms with E-state index in [1.807, 2.05) is 0 Å². The second-order valence-electron chi connectivity index (χ2n) is 5.69. The maximum absolute atomic E-state index is 12.9. The third kappa shape index (κ3) is 4.55. The van der Waals surface area contributed by atoms with Crippen LogP contribution in [-0.2, 0) is 4.79 Å². The Morgan fingerprint density at radius 1 is 1.14 bits per heavy atom. The van der Waals surface area contributed by atoms with Crippen LogP contribution in [0.4, 0.5) is 10.1 Å². The zero-order valence-corrected chi connectivity index (χ0v) is 16.8. The first-order chi connectivity index (χ1) is 13.4. The number of aromatic nitrogens is 1. The highest BCUT2D eigenvalue weighted by Crippen LogP contribution is 2.37. The number of amides is 1. The Balaban J connectivity index is 1.74. The Labute approximate surface area is 174 Å². The van der Waals surface area contributed by atoms with E-state index in [1.165, 1.54) is 24.3 Å². The lowest BCUT2D eigenvalue weighted by molar-refractivity contribution is -0.113. The number of nitrogens with one attached hydrogen (secondary N) is 1. The summed E-state index contributed by atoms with van der Waals surface area (Å²) in [5.74, 6) is -0.661. The predicted molar refractivity (Wildman–Crippen MR) is 109 cm³/mol. The molecule has 2 aromatic carbocycles. The second-order valence-corrected chi connectivity index (χ2v) is 7.45. The Kier molecular flexibility index (Phi) is 6.39. The minimum absolute atomic E-state index is 0.142. The summed E-state index contributed by atoms with van der Waals surface area (Å²) in [6, 6.07) is 10.3. The normalized spacial score (nSPS) is 10.7. The summed E-state index contributed by atoms with van der Waals surface area (Å²) < 4.78 is 18.1. The minimum atomic E-state index is -0.406. The fourth-order valence-corrected chi connectivity index (χ4v) is 3.74. The van der Waals surface area contributed by atoms with Crippen LogP contribution < -0.4 is 5.32 Å². The molecule has 144 valence electrons. The molecule has 0 saturated heterocycles. The molecule has 1 amide bonds. The van der Waals surface area contributed by atoms with Crippen LogP contribution in [0, 0.1) is 12.7 Å². The zero-order chi connectivity index (χ0) is 20.3. The average Bonchev–Trinajstić information content (AvgIpc) is 3.03. The highest BCUT2D eigenvalue weighted by molar-refractivity contribution is 8.14. The maximum atomic E-state index is 12.9. The molecule has 3 aromatic rings. The summed E-state index contributed by atoms with van der Waals surface area (Å²) in [4.78, 5) is 24.8. The van der Waals surface area contributed by atoms with Crippen molar-refractivity contribution in [1.82, 2.24) is 5.16 Å². The lowest BCUT2D eigenvalue weighted by atomic mass is 10.1. The van der Waals surface area contributed by atoms with E-state index in [4.69, 9.17) is 27.7 Å². The first kappa shape index (κ1) is 20.4. The van der Waals surface area contributed by atoms with Gasteiger partial charge < -0.3 is 9.84 Å². The molecule has 0 aliphatic heterocycles. The van der Waals surface area contributed by atoms with Gasteiger partial charge in [-0.1, -0.05) is 46.2 Å². The molecule has 0 atom stereocenters. The van der Waals surface area contributed by atoms with Crippen molar-refractivity contribution < 1.29 is 18.5 Å². The van der Waals surface area contributed by atoms with E-state index in [0.29, 0.717) is 27.1 Å². The molecule has 3 rings (SSSR count). The van der Waals surface area contributed by atoms with Gasteiger partial charge in [-0.2, -0.15) is 0 Å². The Hall–Kier alpha value is -2.35. The number of halogens is 3. The van der Waals surface area contributed by atoms with Gasteiger partial charge in [0.05, 0.1) is 21.4 Å². The van der Waals surface area contributed by atoms with E-state index >= 15 is 0 Å². The molecule has 1 N–H and O–H groups in total. The summed E-state index contributed by atoms with van der Waals surface area (Å²) in [7, 11) is 0. The van der Waals surface area contributed by atoms with Gasteiger partial charge in [0.1, 0.15) is 17.3 Å². The summed E-state index contributed by atoms with van der Waals surface area (Å²) in [5, 5.41) is 6.76. The van der Waals surface area contributed by atoms with Gasteiger partial charge in [0.15, 0.2) is 0 Å². The number of anilines is 1. The monoisotopic (exact) mass is 438 g/mol. The molecule has 5 nitrogen and oxygen atoms in total. The molecular weight excluding hydrogens is 426 g/mol. The summed E-state index contributed by atoms with van der Waals surface area (Å²) in [6.07, 6.45) is 0. The van der Waals surface area contributed by atoms with Crippen LogP contribution in [0.15, 0.2) is 47.0 Å². The Bertz CT molecular complexity index is 1020. The molecule has 0 bridgehead atoms. The van der Waals surface area contributed by atoms with Gasteiger partial charge in [0.2, 0.25) is 11.0 Å². The number of aryl methyl sites for hydroxylation is 1. The molecule has 0 aliphatic rings. The van der Waals surface area contributed by atoms with Gasteiger partial charge in [-0.15, -0.1) is 0 Å². The SMILES string of the molecule is Cc1onc(-c2c(Cl)cccc2Cl)c1C(=O)SCC(=O)Nc1ccc(F)cc1. The number of hydrogen-bond acceptors (Lipinski definition) is 5. The standard InChI is InChI=1S/C19H13Cl2FN2O3S/c1-10-16(18(24-27-10)17-13(20)3-2-4-14(17)21)19(26)28-9-15(25)23-12-7-5-11(22)6-8-12/h2-8H,9H2,1H3,(H,23,25). The van der Waals surface area contributed by atoms with E-state index in [1.54, 1.807) is 25.1 Å². The van der Waals surface area contributed by atoms with E-state index in [2.05, 4.69) is 10.5 Å². The average molecular weight is 439 g/mol. The van der Waals surface area contributed by atoms with Gasteiger partial charge in [-0.25, -0.2) is 4.39 Å². The topological polar surface area (TPSA) is 72.2 Å². The molecule has 0 fully saturated rings. The first-order valence-electron chi connectivity index (χ1n) is 8.00. The number of carbonyl (C=O) groups excluding carboxylic acids is 2. The quantitative estimate of drug-likeness (QED) is 0.560. The lowest BCUT2D eigenvalue weighted by Crippen LogP contribution is -2.15. The molecule has 9 heteroatoms. The van der Waals surface area contributed by atoms with Crippen molar-refractivity contribution in [3.8, 4) is 11.3 Å². The van der Waals surface area contributed by atoms with Crippen molar-refractivity contribution in [2.24, 2.45) is 0 Å². The van der Waals surface area contributed by atoms with Crippen LogP contribution in [0.1, 0.15) is 16.1 Å². The van der Waals surface area contributed by atoms with Gasteiger partial charge in [-0.3, -0.25) is 9.59 Å². The smallest absolute Gasteiger partial charge is 0.234 e. The van der Waals surface area contributed by atoms with Crippen LogP contribution in [-0.4, -0.2) is 21.9 Å². The number of benzene rings is 2. The van der Waals surface area contributed by atoms with Gasteiger partial charge >= 0.3 is 0 Å². The fraction of sp³-hybridized carbons (Fsp3) is 0.105. The predicted octanol–water partition coefficient (Wildman–Crippen LogP) is 5.61. The van der Waals surface area contributed by atoms with Crippen LogP contribution in [0.25, 0.3) is 11.3 Å². The van der Waals surface area contributed by atoms with E-state index in [9.17, 15) is 14.0 Å². The number of thioether (sulfide) groups is 1. The minimum Gasteiger partial charge on any atom is -0.360 e. The third-order valence-corrected chi connectivity index (χ3v) is 5.23. The molecule has 1 aromatic heterocycles. The van der Waals surface area contributed by atoms with Gasteiger partial charge in [-0.05, 0) is 43.3 Å². The van der Waals surface area contributed by atoms with Gasteiger partial charge in [0.25, 0.3) is 0 Å². The number of rotatable bonds is 5. The van der Waals surface area contributed by atoms with Crippen LogP contribution in [0.5, 0.6) is 0 Å². The van der Waals surface area contributed by atoms with Crippen LogP contribution >= 0.6 is 35.0 Å². The lowest BCUT2D eigenvalue weighted by Gasteiger charge is -2.07. The largest absolute Gasteiger partial charge is 0.360 e. The van der Waals surface area contributed by atoms with E-state index in [-0.39, 0.29) is 17.0 Å². The molecule has 0 radical (unpaired) electrons. The molecular formula is C19H13Cl2FN2O3S. The molecule has 1 heterocycles. The Morgan fingerprint density at radius 3 is 2.43 bits per heavy atom. The molecule has 0 unspecified atom stereocenters. The van der Waals surface area contributed by atoms with Crippen molar-refractivity contribution in [3.63, 3.8) is 0 Å². The summed E-state index contributed by atoms with van der Waals surface area (Å²) in [5.41, 5.74) is 1.26.